The van der Waals surface area contributed by atoms with Gasteiger partial charge in [0, 0.05) is 35.9 Å². The van der Waals surface area contributed by atoms with Crippen molar-refractivity contribution in [2.75, 3.05) is 17.2 Å². The third kappa shape index (κ3) is 3.75. The van der Waals surface area contributed by atoms with Crippen LogP contribution in [0, 0.1) is 0 Å². The first-order chi connectivity index (χ1) is 13.2. The predicted molar refractivity (Wildman–Crippen MR) is 112 cm³/mol. The third-order valence-electron chi connectivity index (χ3n) is 4.66. The van der Waals surface area contributed by atoms with E-state index in [-0.39, 0.29) is 0 Å². The molecule has 0 amide bonds. The molecule has 3 N–H and O–H groups in total. The van der Waals surface area contributed by atoms with Gasteiger partial charge in [0.05, 0.1) is 5.69 Å². The van der Waals surface area contributed by atoms with Crippen LogP contribution in [0.25, 0.3) is 10.9 Å². The van der Waals surface area contributed by atoms with Crippen molar-refractivity contribution in [1.29, 1.82) is 0 Å². The van der Waals surface area contributed by atoms with Gasteiger partial charge in [0.2, 0.25) is 0 Å². The summed E-state index contributed by atoms with van der Waals surface area (Å²) in [4.78, 5) is 5.67. The van der Waals surface area contributed by atoms with Crippen molar-refractivity contribution in [3.8, 4) is 11.5 Å². The molecule has 0 atom stereocenters. The second kappa shape index (κ2) is 7.46. The van der Waals surface area contributed by atoms with Crippen LogP contribution < -0.4 is 15.4 Å². The van der Waals surface area contributed by atoms with Gasteiger partial charge in [0.1, 0.15) is 11.5 Å². The number of nitrogens with zero attached hydrogens (tertiary/aromatic N) is 1. The highest BCUT2D eigenvalue weighted by Crippen LogP contribution is 2.30. The molecule has 4 nitrogen and oxygen atoms in total. The number of anilines is 2. The Morgan fingerprint density at radius 3 is 2.56 bits per heavy atom. The molecular weight excluding hydrogens is 334 g/mol. The highest BCUT2D eigenvalue weighted by Gasteiger charge is 2.12. The quantitative estimate of drug-likeness (QED) is 0.444. The molecule has 27 heavy (non-hydrogen) atoms. The number of nitrogens with one attached hydrogen (secondary N) is 1. The van der Waals surface area contributed by atoms with Crippen LogP contribution in [0.1, 0.15) is 12.5 Å². The normalized spacial score (nSPS) is 10.9. The summed E-state index contributed by atoms with van der Waals surface area (Å²) in [6, 6.07) is 24.1. The van der Waals surface area contributed by atoms with Crippen molar-refractivity contribution in [3.05, 3.63) is 84.6 Å². The van der Waals surface area contributed by atoms with E-state index in [0.29, 0.717) is 0 Å². The number of hydrogen-bond acceptors (Lipinski definition) is 3. The van der Waals surface area contributed by atoms with Gasteiger partial charge in [0.25, 0.3) is 0 Å². The Morgan fingerprint density at radius 2 is 1.74 bits per heavy atom. The first-order valence-electron chi connectivity index (χ1n) is 9.16. The molecule has 0 spiro atoms. The molecule has 0 saturated heterocycles. The summed E-state index contributed by atoms with van der Waals surface area (Å²) in [5.74, 6) is 1.69. The molecule has 3 aromatic carbocycles. The zero-order valence-electron chi connectivity index (χ0n) is 15.4. The summed E-state index contributed by atoms with van der Waals surface area (Å²) < 4.78 is 5.97. The van der Waals surface area contributed by atoms with Crippen LogP contribution in [0.2, 0.25) is 0 Å². The standard InChI is InChI=1S/C23H23N3O/c1-2-26(23-15-25-22-12-11-18(24)14-21(22)23)16-17-7-6-10-20(13-17)27-19-8-4-3-5-9-19/h3-15,25H,2,16,24H2,1H3. The maximum absolute atomic E-state index is 5.99. The number of benzene rings is 3. The molecule has 4 heteroatoms. The summed E-state index contributed by atoms with van der Waals surface area (Å²) in [6.07, 6.45) is 2.05. The zero-order valence-corrected chi connectivity index (χ0v) is 15.4. The molecule has 0 aliphatic rings. The van der Waals surface area contributed by atoms with Gasteiger partial charge in [-0.25, -0.2) is 0 Å². The van der Waals surface area contributed by atoms with Crippen LogP contribution in [-0.4, -0.2) is 11.5 Å². The minimum absolute atomic E-state index is 0.776. The second-order valence-corrected chi connectivity index (χ2v) is 6.56. The van der Waals surface area contributed by atoms with Crippen molar-refractivity contribution in [2.45, 2.75) is 13.5 Å². The number of hydrogen-bond donors (Lipinski definition) is 2. The van der Waals surface area contributed by atoms with Gasteiger partial charge in [-0.05, 0) is 55.0 Å². The average molecular weight is 357 g/mol. The van der Waals surface area contributed by atoms with E-state index >= 15 is 0 Å². The Bertz CT molecular complexity index is 1040. The molecule has 1 heterocycles. The summed E-state index contributed by atoms with van der Waals surface area (Å²) in [6.45, 7) is 3.85. The van der Waals surface area contributed by atoms with Crippen molar-refractivity contribution >= 4 is 22.3 Å². The van der Waals surface area contributed by atoms with Crippen molar-refractivity contribution in [1.82, 2.24) is 4.98 Å². The maximum Gasteiger partial charge on any atom is 0.127 e. The van der Waals surface area contributed by atoms with Crippen LogP contribution in [0.4, 0.5) is 11.4 Å². The summed E-state index contributed by atoms with van der Waals surface area (Å²) >= 11 is 0. The molecule has 1 aromatic heterocycles. The fourth-order valence-electron chi connectivity index (χ4n) is 3.30. The fourth-order valence-corrected chi connectivity index (χ4v) is 3.30. The third-order valence-corrected chi connectivity index (χ3v) is 4.66. The molecule has 0 fully saturated rings. The van der Waals surface area contributed by atoms with Gasteiger partial charge >= 0.3 is 0 Å². The molecule has 0 bridgehead atoms. The van der Waals surface area contributed by atoms with Crippen molar-refractivity contribution in [3.63, 3.8) is 0 Å². The van der Waals surface area contributed by atoms with Gasteiger partial charge in [-0.15, -0.1) is 0 Å². The lowest BCUT2D eigenvalue weighted by Gasteiger charge is -2.23. The number of rotatable bonds is 6. The number of aromatic nitrogens is 1. The first kappa shape index (κ1) is 17.0. The van der Waals surface area contributed by atoms with Crippen LogP contribution >= 0.6 is 0 Å². The molecular formula is C23H23N3O. The van der Waals surface area contributed by atoms with Gasteiger partial charge in [-0.2, -0.15) is 0 Å². The number of nitrogens with two attached hydrogens (primary N) is 1. The van der Waals surface area contributed by atoms with Crippen molar-refractivity contribution in [2.24, 2.45) is 0 Å². The maximum atomic E-state index is 5.99. The monoisotopic (exact) mass is 357 g/mol. The molecule has 0 aliphatic heterocycles. The lowest BCUT2D eigenvalue weighted by molar-refractivity contribution is 0.482. The highest BCUT2D eigenvalue weighted by atomic mass is 16.5. The average Bonchev–Trinajstić information content (AvgIpc) is 3.10. The Morgan fingerprint density at radius 1 is 0.926 bits per heavy atom. The van der Waals surface area contributed by atoms with Crippen molar-refractivity contribution < 1.29 is 4.74 Å². The van der Waals surface area contributed by atoms with E-state index in [1.807, 2.05) is 60.7 Å². The molecule has 0 aliphatic carbocycles. The van der Waals surface area contributed by atoms with Gasteiger partial charge in [-0.3, -0.25) is 0 Å². The van der Waals surface area contributed by atoms with Crippen LogP contribution in [0.15, 0.2) is 79.0 Å². The van der Waals surface area contributed by atoms with E-state index in [2.05, 4.69) is 35.1 Å². The Kier molecular flexibility index (Phi) is 4.71. The molecule has 0 unspecified atom stereocenters. The van der Waals surface area contributed by atoms with E-state index in [1.54, 1.807) is 0 Å². The summed E-state index contributed by atoms with van der Waals surface area (Å²) in [5, 5.41) is 1.15. The number of aromatic amines is 1. The van der Waals surface area contributed by atoms with E-state index < -0.39 is 0 Å². The Hall–Kier alpha value is -3.40. The minimum Gasteiger partial charge on any atom is -0.457 e. The lowest BCUT2D eigenvalue weighted by Crippen LogP contribution is -2.21. The minimum atomic E-state index is 0.776. The van der Waals surface area contributed by atoms with E-state index in [4.69, 9.17) is 10.5 Å². The topological polar surface area (TPSA) is 54.3 Å². The van der Waals surface area contributed by atoms with Gasteiger partial charge < -0.3 is 20.4 Å². The van der Waals surface area contributed by atoms with Crippen LogP contribution in [-0.2, 0) is 6.54 Å². The Labute approximate surface area is 159 Å². The van der Waals surface area contributed by atoms with E-state index in [1.165, 1.54) is 5.56 Å². The molecule has 0 saturated carbocycles. The fraction of sp³-hybridized carbons (Fsp3) is 0.130. The Balaban J connectivity index is 1.58. The smallest absolute Gasteiger partial charge is 0.127 e. The number of para-hydroxylation sites is 1. The molecule has 4 aromatic rings. The molecule has 0 radical (unpaired) electrons. The summed E-state index contributed by atoms with van der Waals surface area (Å²) in [7, 11) is 0. The largest absolute Gasteiger partial charge is 0.457 e. The molecule has 136 valence electrons. The first-order valence-corrected chi connectivity index (χ1v) is 9.16. The number of fused-ring (bicyclic) bond motifs is 1. The predicted octanol–water partition coefficient (Wildman–Crippen LogP) is 5.57. The lowest BCUT2D eigenvalue weighted by atomic mass is 10.1. The van der Waals surface area contributed by atoms with Crippen LogP contribution in [0.3, 0.4) is 0 Å². The van der Waals surface area contributed by atoms with Gasteiger partial charge in [0.15, 0.2) is 0 Å². The SMILES string of the molecule is CCN(Cc1cccc(Oc2ccccc2)c1)c1c[nH]c2ccc(N)cc12. The van der Waals surface area contributed by atoms with E-state index in [0.717, 1.165) is 46.9 Å². The second-order valence-electron chi connectivity index (χ2n) is 6.56. The van der Waals surface area contributed by atoms with Crippen LogP contribution in [0.5, 0.6) is 11.5 Å². The number of H-pyrrole nitrogens is 1. The van der Waals surface area contributed by atoms with Gasteiger partial charge in [-0.1, -0.05) is 30.3 Å². The van der Waals surface area contributed by atoms with E-state index in [9.17, 15) is 0 Å². The zero-order chi connectivity index (χ0) is 18.6. The highest BCUT2D eigenvalue weighted by molar-refractivity contribution is 5.94. The number of ether oxygens (including phenoxy) is 1. The number of nitrogen functional groups attached to an aromatic ring is 1. The molecule has 4 rings (SSSR count). The summed E-state index contributed by atoms with van der Waals surface area (Å²) in [5.41, 5.74) is 10.2.